The molecule has 11 nitrogen and oxygen atoms in total. The standard InChI is InChI=1S/C28H39ClO11/c1-8-9-17(32)38-23-19-22(39-19)26(6)16(36-14(4)30)11-10-12(2)18(29)21-28(35,13(3)25(33)40-21)24(37-15(5)31)20(26)27(23,7)34/h13,16,18-24,34-35H,2,8-11H2,1,3-7H3/t13-,16-,18+,19+,20+,21-,22-,23+,24-,26+,27-,28-/m0/s1. The fourth-order valence-corrected chi connectivity index (χ4v) is 7.57. The van der Waals surface area contributed by atoms with E-state index in [9.17, 15) is 29.4 Å². The molecule has 2 saturated heterocycles. The molecule has 12 atom stereocenters. The molecule has 4 fully saturated rings. The van der Waals surface area contributed by atoms with Crippen molar-refractivity contribution in [3.8, 4) is 0 Å². The van der Waals surface area contributed by atoms with E-state index >= 15 is 0 Å². The molecule has 0 aromatic heterocycles. The summed E-state index contributed by atoms with van der Waals surface area (Å²) in [6.07, 6.45) is -5.65. The number of hydrogen-bond acceptors (Lipinski definition) is 11. The monoisotopic (exact) mass is 586 g/mol. The van der Waals surface area contributed by atoms with Gasteiger partial charge in [-0.2, -0.15) is 0 Å². The van der Waals surface area contributed by atoms with Crippen molar-refractivity contribution in [2.45, 2.75) is 120 Å². The van der Waals surface area contributed by atoms with Crippen molar-refractivity contribution in [2.75, 3.05) is 0 Å². The number of halogens is 1. The number of carbonyl (C=O) groups excluding carboxylic acids is 4. The van der Waals surface area contributed by atoms with E-state index < -0.39 is 94.3 Å². The highest BCUT2D eigenvalue weighted by Gasteiger charge is 2.79. The topological polar surface area (TPSA) is 158 Å². The van der Waals surface area contributed by atoms with Gasteiger partial charge in [0.05, 0.1) is 17.4 Å². The Kier molecular flexibility index (Phi) is 8.12. The lowest BCUT2D eigenvalue weighted by Gasteiger charge is -2.57. The molecular weight excluding hydrogens is 548 g/mol. The minimum Gasteiger partial charge on any atom is -0.462 e. The molecule has 0 aromatic carbocycles. The maximum atomic E-state index is 13.0. The quantitative estimate of drug-likeness (QED) is 0.159. The zero-order valence-corrected chi connectivity index (χ0v) is 24.4. The Hall–Kier alpha value is -2.21. The van der Waals surface area contributed by atoms with Crippen LogP contribution in [0.5, 0.6) is 0 Å². The van der Waals surface area contributed by atoms with E-state index in [4.69, 9.17) is 35.3 Å². The van der Waals surface area contributed by atoms with Crippen LogP contribution in [0.2, 0.25) is 0 Å². The van der Waals surface area contributed by atoms with Crippen LogP contribution in [-0.2, 0) is 42.9 Å². The molecule has 0 aromatic rings. The summed E-state index contributed by atoms with van der Waals surface area (Å²) in [6.45, 7) is 12.8. The average Bonchev–Trinajstić information content (AvgIpc) is 3.62. The van der Waals surface area contributed by atoms with E-state index in [-0.39, 0.29) is 19.3 Å². The summed E-state index contributed by atoms with van der Waals surface area (Å²) in [5, 5.41) is 23.7. The average molecular weight is 587 g/mol. The highest BCUT2D eigenvalue weighted by molar-refractivity contribution is 6.23. The molecule has 2 heterocycles. The highest BCUT2D eigenvalue weighted by Crippen LogP contribution is 2.63. The van der Waals surface area contributed by atoms with E-state index in [1.807, 2.05) is 0 Å². The maximum absolute atomic E-state index is 13.0. The van der Waals surface area contributed by atoms with Gasteiger partial charge in [0.15, 0.2) is 17.8 Å². The van der Waals surface area contributed by atoms with E-state index in [1.54, 1.807) is 13.8 Å². The van der Waals surface area contributed by atoms with Crippen LogP contribution in [0.15, 0.2) is 12.2 Å². The summed E-state index contributed by atoms with van der Waals surface area (Å²) < 4.78 is 29.0. The molecule has 224 valence electrons. The molecule has 40 heavy (non-hydrogen) atoms. The molecule has 4 rings (SSSR count). The minimum atomic E-state index is -2.26. The second-order valence-corrected chi connectivity index (χ2v) is 12.4. The Morgan fingerprint density at radius 2 is 1.70 bits per heavy atom. The molecule has 2 aliphatic heterocycles. The van der Waals surface area contributed by atoms with Gasteiger partial charge in [0.25, 0.3) is 0 Å². The van der Waals surface area contributed by atoms with Crippen LogP contribution in [0.1, 0.15) is 67.2 Å². The van der Waals surface area contributed by atoms with Crippen molar-refractivity contribution in [2.24, 2.45) is 17.3 Å². The normalized spacial score (nSPS) is 46.2. The summed E-state index contributed by atoms with van der Waals surface area (Å²) in [7, 11) is 0. The molecule has 4 aliphatic rings. The molecule has 0 amide bonds. The van der Waals surface area contributed by atoms with E-state index in [0.29, 0.717) is 12.0 Å². The van der Waals surface area contributed by atoms with E-state index in [1.165, 1.54) is 20.8 Å². The van der Waals surface area contributed by atoms with Gasteiger partial charge in [-0.15, -0.1) is 11.6 Å². The van der Waals surface area contributed by atoms with Gasteiger partial charge < -0.3 is 33.9 Å². The van der Waals surface area contributed by atoms with Crippen molar-refractivity contribution in [1.82, 2.24) is 0 Å². The Labute approximate surface area is 238 Å². The second-order valence-electron chi connectivity index (χ2n) is 11.9. The van der Waals surface area contributed by atoms with Crippen LogP contribution in [-0.4, -0.2) is 87.3 Å². The van der Waals surface area contributed by atoms with E-state index in [0.717, 1.165) is 6.92 Å². The molecule has 2 aliphatic carbocycles. The van der Waals surface area contributed by atoms with E-state index in [2.05, 4.69) is 6.58 Å². The maximum Gasteiger partial charge on any atom is 0.312 e. The molecular formula is C28H39ClO11. The first-order valence-electron chi connectivity index (χ1n) is 13.7. The molecule has 12 heteroatoms. The van der Waals surface area contributed by atoms with Crippen LogP contribution < -0.4 is 0 Å². The predicted molar refractivity (Wildman–Crippen MR) is 139 cm³/mol. The van der Waals surface area contributed by atoms with Gasteiger partial charge in [0, 0.05) is 31.6 Å². The SMILES string of the molecule is C=C1CC[C@H](OC(C)=O)[C@@]2(C)[C@H]3O[C@H]3[C@@H](OC(=O)CCC)[C@@](C)(O)[C@@H]2[C@H](OC(C)=O)[C@]2(O)[C@@H](C)C(=O)O[C@H]2[C@@H]1Cl. The zero-order valence-electron chi connectivity index (χ0n) is 23.7. The van der Waals surface area contributed by atoms with Crippen LogP contribution in [0.3, 0.4) is 0 Å². The molecule has 2 N–H and O–H groups in total. The smallest absolute Gasteiger partial charge is 0.312 e. The highest BCUT2D eigenvalue weighted by atomic mass is 35.5. The first-order chi connectivity index (χ1) is 18.5. The first-order valence-corrected chi connectivity index (χ1v) is 14.1. The largest absolute Gasteiger partial charge is 0.462 e. The molecule has 0 radical (unpaired) electrons. The van der Waals surface area contributed by atoms with Crippen LogP contribution in [0, 0.1) is 17.3 Å². The number of hydrogen-bond donors (Lipinski definition) is 2. The summed E-state index contributed by atoms with van der Waals surface area (Å²) in [5.74, 6) is -5.30. The number of aliphatic hydroxyl groups is 2. The van der Waals surface area contributed by atoms with Gasteiger partial charge in [-0.25, -0.2) is 0 Å². The Bertz CT molecular complexity index is 1090. The van der Waals surface area contributed by atoms with Gasteiger partial charge in [-0.1, -0.05) is 26.0 Å². The third-order valence-corrected chi connectivity index (χ3v) is 9.75. The fraction of sp³-hybridized carbons (Fsp3) is 0.786. The fourth-order valence-electron chi connectivity index (χ4n) is 7.21. The van der Waals surface area contributed by atoms with Gasteiger partial charge in [-0.3, -0.25) is 19.2 Å². The number of ether oxygens (including phenoxy) is 5. The Morgan fingerprint density at radius 3 is 2.27 bits per heavy atom. The zero-order chi connectivity index (χ0) is 29.9. The first kappa shape index (κ1) is 30.7. The number of carbonyl (C=O) groups is 4. The predicted octanol–water partition coefficient (Wildman–Crippen LogP) is 1.97. The lowest BCUT2D eigenvalue weighted by Crippen LogP contribution is -2.73. The molecule has 0 bridgehead atoms. The number of alkyl halides is 1. The molecule has 2 saturated carbocycles. The van der Waals surface area contributed by atoms with Gasteiger partial charge in [0.1, 0.15) is 23.9 Å². The van der Waals surface area contributed by atoms with Crippen molar-refractivity contribution in [1.29, 1.82) is 0 Å². The lowest BCUT2D eigenvalue weighted by molar-refractivity contribution is -0.262. The minimum absolute atomic E-state index is 0.0940. The van der Waals surface area contributed by atoms with Crippen LogP contribution >= 0.6 is 11.6 Å². The van der Waals surface area contributed by atoms with Crippen LogP contribution in [0.25, 0.3) is 0 Å². The lowest BCUT2D eigenvalue weighted by atomic mass is 9.52. The van der Waals surface area contributed by atoms with Crippen molar-refractivity contribution >= 4 is 35.5 Å². The number of esters is 4. The third-order valence-electron chi connectivity index (χ3n) is 9.21. The summed E-state index contributed by atoms with van der Waals surface area (Å²) in [4.78, 5) is 50.6. The third kappa shape index (κ3) is 4.72. The van der Waals surface area contributed by atoms with Gasteiger partial charge in [0.2, 0.25) is 0 Å². The number of epoxide rings is 1. The van der Waals surface area contributed by atoms with Gasteiger partial charge in [-0.05, 0) is 33.1 Å². The van der Waals surface area contributed by atoms with Gasteiger partial charge >= 0.3 is 23.9 Å². The van der Waals surface area contributed by atoms with Crippen molar-refractivity contribution in [3.05, 3.63) is 12.2 Å². The second kappa shape index (κ2) is 10.6. The number of fused-ring (bicyclic) bond motifs is 4. The molecule has 0 spiro atoms. The van der Waals surface area contributed by atoms with Crippen molar-refractivity contribution < 1.29 is 53.1 Å². The summed E-state index contributed by atoms with van der Waals surface area (Å²) >= 11 is 6.76. The van der Waals surface area contributed by atoms with Crippen molar-refractivity contribution in [3.63, 3.8) is 0 Å². The Morgan fingerprint density at radius 1 is 1.07 bits per heavy atom. The Balaban J connectivity index is 1.98. The molecule has 0 unspecified atom stereocenters. The summed E-state index contributed by atoms with van der Waals surface area (Å²) in [5.41, 5.74) is -5.17. The van der Waals surface area contributed by atoms with Crippen LogP contribution in [0.4, 0.5) is 0 Å². The number of rotatable bonds is 5. The summed E-state index contributed by atoms with van der Waals surface area (Å²) in [6, 6.07) is 0.